The molecule has 3 heteroatoms. The van der Waals surface area contributed by atoms with Crippen molar-refractivity contribution in [2.45, 2.75) is 45.3 Å². The number of ether oxygens (including phenoxy) is 2. The van der Waals surface area contributed by atoms with Crippen LogP contribution in [0.15, 0.2) is 0 Å². The molecule has 2 saturated heterocycles. The van der Waals surface area contributed by atoms with Crippen molar-refractivity contribution in [3.63, 3.8) is 0 Å². The minimum Gasteiger partial charge on any atom is -0.378 e. The Labute approximate surface area is 98.9 Å². The Hall–Kier alpha value is -0.120. The third-order valence-electron chi connectivity index (χ3n) is 3.85. The molecule has 3 nitrogen and oxygen atoms in total. The summed E-state index contributed by atoms with van der Waals surface area (Å²) < 4.78 is 11.6. The predicted molar refractivity (Wildman–Crippen MR) is 64.5 cm³/mol. The van der Waals surface area contributed by atoms with Crippen molar-refractivity contribution in [2.24, 2.45) is 11.8 Å². The van der Waals surface area contributed by atoms with Crippen LogP contribution in [0.25, 0.3) is 0 Å². The van der Waals surface area contributed by atoms with Crippen LogP contribution in [0, 0.1) is 11.8 Å². The molecule has 2 heterocycles. The Bertz CT molecular complexity index is 224. The number of rotatable bonds is 3. The highest BCUT2D eigenvalue weighted by atomic mass is 16.6. The van der Waals surface area contributed by atoms with Crippen molar-refractivity contribution in [2.75, 3.05) is 26.4 Å². The van der Waals surface area contributed by atoms with Gasteiger partial charge in [-0.05, 0) is 18.3 Å². The third-order valence-corrected chi connectivity index (χ3v) is 3.85. The van der Waals surface area contributed by atoms with Crippen LogP contribution in [-0.2, 0) is 9.47 Å². The predicted octanol–water partition coefficient (Wildman–Crippen LogP) is 1.82. The molecule has 0 amide bonds. The fraction of sp³-hybridized carbons (Fsp3) is 1.00. The second-order valence-electron chi connectivity index (χ2n) is 5.75. The highest BCUT2D eigenvalue weighted by Gasteiger charge is 2.47. The van der Waals surface area contributed by atoms with Crippen LogP contribution in [0.5, 0.6) is 0 Å². The van der Waals surface area contributed by atoms with Crippen molar-refractivity contribution in [1.82, 2.24) is 5.32 Å². The molecule has 0 saturated carbocycles. The van der Waals surface area contributed by atoms with E-state index < -0.39 is 0 Å². The van der Waals surface area contributed by atoms with Gasteiger partial charge >= 0.3 is 0 Å². The van der Waals surface area contributed by atoms with E-state index in [4.69, 9.17) is 9.47 Å². The van der Waals surface area contributed by atoms with Crippen LogP contribution in [0.4, 0.5) is 0 Å². The molecule has 2 rings (SSSR count). The molecule has 3 unspecified atom stereocenters. The van der Waals surface area contributed by atoms with E-state index in [1.165, 1.54) is 6.42 Å². The number of hydrogen-bond donors (Lipinski definition) is 1. The van der Waals surface area contributed by atoms with E-state index in [1.807, 2.05) is 0 Å². The first kappa shape index (κ1) is 12.3. The minimum absolute atomic E-state index is 0.0352. The van der Waals surface area contributed by atoms with Crippen LogP contribution in [-0.4, -0.2) is 38.0 Å². The zero-order valence-electron chi connectivity index (χ0n) is 10.8. The lowest BCUT2D eigenvalue weighted by Crippen LogP contribution is -2.61. The van der Waals surface area contributed by atoms with Crippen molar-refractivity contribution in [1.29, 1.82) is 0 Å². The Kier molecular flexibility index (Phi) is 3.88. The third kappa shape index (κ3) is 2.41. The molecule has 3 atom stereocenters. The monoisotopic (exact) mass is 227 g/mol. The van der Waals surface area contributed by atoms with E-state index >= 15 is 0 Å². The second-order valence-corrected chi connectivity index (χ2v) is 5.75. The molecule has 2 aliphatic heterocycles. The molecule has 0 aliphatic carbocycles. The Morgan fingerprint density at radius 1 is 1.31 bits per heavy atom. The lowest BCUT2D eigenvalue weighted by molar-refractivity contribution is -0.110. The SMILES string of the molecule is CC(C)CC(C)C1NCCOC12CCOC2. The summed E-state index contributed by atoms with van der Waals surface area (Å²) in [6.07, 6.45) is 2.30. The van der Waals surface area contributed by atoms with Gasteiger partial charge in [-0.25, -0.2) is 0 Å². The minimum atomic E-state index is -0.0352. The summed E-state index contributed by atoms with van der Waals surface area (Å²) in [6, 6.07) is 0.464. The first-order valence-corrected chi connectivity index (χ1v) is 6.59. The van der Waals surface area contributed by atoms with Crippen LogP contribution in [0.3, 0.4) is 0 Å². The van der Waals surface area contributed by atoms with Gasteiger partial charge in [0, 0.05) is 25.6 Å². The van der Waals surface area contributed by atoms with Gasteiger partial charge in [0.15, 0.2) is 0 Å². The topological polar surface area (TPSA) is 30.5 Å². The number of hydrogen-bond acceptors (Lipinski definition) is 3. The standard InChI is InChI=1S/C13H25NO2/c1-10(2)8-11(3)12-13(4-6-15-9-13)16-7-5-14-12/h10-12,14H,4-9H2,1-3H3. The van der Waals surface area contributed by atoms with Crippen LogP contribution in [0.1, 0.15) is 33.6 Å². The largest absolute Gasteiger partial charge is 0.378 e. The first-order valence-electron chi connectivity index (χ1n) is 6.59. The highest BCUT2D eigenvalue weighted by molar-refractivity contribution is 5.00. The van der Waals surface area contributed by atoms with Gasteiger partial charge in [-0.15, -0.1) is 0 Å². The molecular formula is C13H25NO2. The summed E-state index contributed by atoms with van der Waals surface area (Å²) >= 11 is 0. The highest BCUT2D eigenvalue weighted by Crippen LogP contribution is 2.34. The van der Waals surface area contributed by atoms with Gasteiger partial charge in [-0.1, -0.05) is 20.8 Å². The molecular weight excluding hydrogens is 202 g/mol. The van der Waals surface area contributed by atoms with Crippen molar-refractivity contribution < 1.29 is 9.47 Å². The van der Waals surface area contributed by atoms with Crippen LogP contribution >= 0.6 is 0 Å². The Morgan fingerprint density at radius 3 is 2.75 bits per heavy atom. The molecule has 1 N–H and O–H groups in total. The Balaban J connectivity index is 2.04. The van der Waals surface area contributed by atoms with Crippen molar-refractivity contribution in [3.8, 4) is 0 Å². The first-order chi connectivity index (χ1) is 7.64. The van der Waals surface area contributed by atoms with Gasteiger partial charge in [-0.3, -0.25) is 0 Å². The smallest absolute Gasteiger partial charge is 0.109 e. The van der Waals surface area contributed by atoms with Crippen molar-refractivity contribution in [3.05, 3.63) is 0 Å². The maximum Gasteiger partial charge on any atom is 0.109 e. The van der Waals surface area contributed by atoms with E-state index in [-0.39, 0.29) is 5.60 Å². The van der Waals surface area contributed by atoms with Gasteiger partial charge in [0.25, 0.3) is 0 Å². The average molecular weight is 227 g/mol. The van der Waals surface area contributed by atoms with Crippen LogP contribution < -0.4 is 5.32 Å². The van der Waals surface area contributed by atoms with E-state index in [0.717, 1.165) is 38.7 Å². The summed E-state index contributed by atoms with van der Waals surface area (Å²) in [4.78, 5) is 0. The molecule has 0 aromatic rings. The lowest BCUT2D eigenvalue weighted by atomic mass is 9.80. The molecule has 16 heavy (non-hydrogen) atoms. The van der Waals surface area contributed by atoms with E-state index in [0.29, 0.717) is 12.0 Å². The van der Waals surface area contributed by atoms with Gasteiger partial charge in [-0.2, -0.15) is 0 Å². The van der Waals surface area contributed by atoms with Crippen molar-refractivity contribution >= 4 is 0 Å². The van der Waals surface area contributed by atoms with Gasteiger partial charge in [0.05, 0.1) is 13.2 Å². The molecule has 94 valence electrons. The summed E-state index contributed by atoms with van der Waals surface area (Å²) in [6.45, 7) is 10.4. The quantitative estimate of drug-likeness (QED) is 0.797. The zero-order valence-corrected chi connectivity index (χ0v) is 10.8. The normalized spacial score (nSPS) is 37.1. The van der Waals surface area contributed by atoms with Gasteiger partial charge < -0.3 is 14.8 Å². The maximum absolute atomic E-state index is 6.05. The van der Waals surface area contributed by atoms with Gasteiger partial charge in [0.1, 0.15) is 5.60 Å². The second kappa shape index (κ2) is 5.03. The molecule has 0 aromatic heterocycles. The molecule has 0 radical (unpaired) electrons. The van der Waals surface area contributed by atoms with E-state index in [1.54, 1.807) is 0 Å². The maximum atomic E-state index is 6.05. The molecule has 0 aromatic carbocycles. The number of nitrogens with one attached hydrogen (secondary N) is 1. The van der Waals surface area contributed by atoms with Gasteiger partial charge in [0.2, 0.25) is 0 Å². The molecule has 0 bridgehead atoms. The summed E-state index contributed by atoms with van der Waals surface area (Å²) in [5, 5.41) is 3.65. The number of morpholine rings is 1. The fourth-order valence-corrected chi connectivity index (χ4v) is 3.27. The molecule has 1 spiro atoms. The molecule has 2 fully saturated rings. The Morgan fingerprint density at radius 2 is 2.12 bits per heavy atom. The van der Waals surface area contributed by atoms with Crippen LogP contribution in [0.2, 0.25) is 0 Å². The summed E-state index contributed by atoms with van der Waals surface area (Å²) in [7, 11) is 0. The molecule has 2 aliphatic rings. The fourth-order valence-electron chi connectivity index (χ4n) is 3.27. The zero-order chi connectivity index (χ0) is 11.6. The lowest BCUT2D eigenvalue weighted by Gasteiger charge is -2.44. The van der Waals surface area contributed by atoms with E-state index in [9.17, 15) is 0 Å². The average Bonchev–Trinajstić information content (AvgIpc) is 2.66. The summed E-state index contributed by atoms with van der Waals surface area (Å²) in [5.74, 6) is 1.40. The summed E-state index contributed by atoms with van der Waals surface area (Å²) in [5.41, 5.74) is -0.0352. The van der Waals surface area contributed by atoms with E-state index in [2.05, 4.69) is 26.1 Å².